The van der Waals surface area contributed by atoms with E-state index in [0.717, 1.165) is 0 Å². The van der Waals surface area contributed by atoms with Gasteiger partial charge in [0.05, 0.1) is 11.8 Å². The molecule has 3 N–H and O–H groups in total. The SMILES string of the molecule is Cn1c(=O)[nH]c(=O)c2[nH]c(-c3cn[nH]c3)nc21. The van der Waals surface area contributed by atoms with E-state index in [9.17, 15) is 9.59 Å². The van der Waals surface area contributed by atoms with Crippen LogP contribution in [-0.4, -0.2) is 29.7 Å². The summed E-state index contributed by atoms with van der Waals surface area (Å²) in [5.41, 5.74) is 0.324. The van der Waals surface area contributed by atoms with Crippen molar-refractivity contribution in [1.82, 2.24) is 29.7 Å². The van der Waals surface area contributed by atoms with Gasteiger partial charge >= 0.3 is 5.69 Å². The van der Waals surface area contributed by atoms with Gasteiger partial charge in [-0.1, -0.05) is 0 Å². The van der Waals surface area contributed by atoms with Crippen LogP contribution in [0, 0.1) is 0 Å². The number of aryl methyl sites for hydroxylation is 1. The number of nitrogens with one attached hydrogen (secondary N) is 3. The summed E-state index contributed by atoms with van der Waals surface area (Å²) < 4.78 is 1.27. The Hall–Kier alpha value is -2.64. The second-order valence-electron chi connectivity index (χ2n) is 3.59. The molecule has 17 heavy (non-hydrogen) atoms. The van der Waals surface area contributed by atoms with Gasteiger partial charge in [0.15, 0.2) is 5.65 Å². The zero-order chi connectivity index (χ0) is 12.0. The van der Waals surface area contributed by atoms with Crippen molar-refractivity contribution in [2.75, 3.05) is 0 Å². The number of H-pyrrole nitrogens is 3. The van der Waals surface area contributed by atoms with Gasteiger partial charge in [0, 0.05) is 13.2 Å². The van der Waals surface area contributed by atoms with Crippen LogP contribution >= 0.6 is 0 Å². The summed E-state index contributed by atoms with van der Waals surface area (Å²) in [5, 5.41) is 6.44. The molecule has 3 heterocycles. The molecule has 0 bridgehead atoms. The van der Waals surface area contributed by atoms with E-state index < -0.39 is 11.2 Å². The third-order valence-corrected chi connectivity index (χ3v) is 2.53. The molecule has 0 fully saturated rings. The molecule has 0 aromatic carbocycles. The van der Waals surface area contributed by atoms with Crippen LogP contribution in [0.15, 0.2) is 22.0 Å². The van der Waals surface area contributed by atoms with E-state index in [2.05, 4.69) is 25.1 Å². The molecule has 0 amide bonds. The maximum Gasteiger partial charge on any atom is 0.329 e. The second kappa shape index (κ2) is 3.17. The van der Waals surface area contributed by atoms with E-state index in [0.29, 0.717) is 17.0 Å². The van der Waals surface area contributed by atoms with Gasteiger partial charge in [-0.25, -0.2) is 9.78 Å². The van der Waals surface area contributed by atoms with Crippen molar-refractivity contribution in [3.8, 4) is 11.4 Å². The molecule has 0 saturated carbocycles. The molecule has 0 spiro atoms. The van der Waals surface area contributed by atoms with E-state index in [4.69, 9.17) is 0 Å². The minimum absolute atomic E-state index is 0.267. The molecule has 3 aromatic heterocycles. The van der Waals surface area contributed by atoms with Crippen molar-refractivity contribution in [1.29, 1.82) is 0 Å². The molecule has 8 nitrogen and oxygen atoms in total. The number of fused-ring (bicyclic) bond motifs is 1. The van der Waals surface area contributed by atoms with Gasteiger partial charge in [0.25, 0.3) is 5.56 Å². The predicted octanol–water partition coefficient (Wildman–Crippen LogP) is -0.660. The van der Waals surface area contributed by atoms with Crippen molar-refractivity contribution in [2.45, 2.75) is 0 Å². The number of nitrogens with zero attached hydrogens (tertiary/aromatic N) is 3. The highest BCUT2D eigenvalue weighted by Crippen LogP contribution is 2.15. The first-order valence-corrected chi connectivity index (χ1v) is 4.85. The summed E-state index contributed by atoms with van der Waals surface area (Å²) in [6.45, 7) is 0. The Morgan fingerprint density at radius 1 is 1.29 bits per heavy atom. The summed E-state index contributed by atoms with van der Waals surface area (Å²) in [4.78, 5) is 32.2. The monoisotopic (exact) mass is 232 g/mol. The third kappa shape index (κ3) is 1.30. The van der Waals surface area contributed by atoms with Gasteiger partial charge in [0.1, 0.15) is 11.3 Å². The van der Waals surface area contributed by atoms with Crippen LogP contribution in [0.3, 0.4) is 0 Å². The van der Waals surface area contributed by atoms with Crippen molar-refractivity contribution in [2.24, 2.45) is 7.05 Å². The van der Waals surface area contributed by atoms with Gasteiger partial charge in [-0.3, -0.25) is 19.4 Å². The van der Waals surface area contributed by atoms with E-state index in [1.165, 1.54) is 4.57 Å². The predicted molar refractivity (Wildman–Crippen MR) is 59.5 cm³/mol. The fraction of sp³-hybridized carbons (Fsp3) is 0.111. The Balaban J connectivity index is 2.41. The minimum Gasteiger partial charge on any atom is -0.332 e. The standard InChI is InChI=1S/C9H8N6O2/c1-15-7-5(8(16)14-9(15)17)12-6(13-7)4-2-10-11-3-4/h2-3H,1H3,(H,10,11)(H,12,13)(H,14,16,17). The van der Waals surface area contributed by atoms with Gasteiger partial charge in [-0.2, -0.15) is 5.10 Å². The van der Waals surface area contributed by atoms with Crippen molar-refractivity contribution < 1.29 is 0 Å². The topological polar surface area (TPSA) is 112 Å². The van der Waals surface area contributed by atoms with Gasteiger partial charge < -0.3 is 4.98 Å². The molecule has 0 unspecified atom stereocenters. The lowest BCUT2D eigenvalue weighted by molar-refractivity contribution is 0.832. The zero-order valence-electron chi connectivity index (χ0n) is 8.81. The summed E-state index contributed by atoms with van der Waals surface area (Å²) in [5.74, 6) is 0.487. The highest BCUT2D eigenvalue weighted by Gasteiger charge is 2.12. The molecule has 8 heteroatoms. The molecule has 0 saturated heterocycles. The Morgan fingerprint density at radius 2 is 2.12 bits per heavy atom. The molecule has 3 rings (SSSR count). The Morgan fingerprint density at radius 3 is 2.82 bits per heavy atom. The summed E-state index contributed by atoms with van der Waals surface area (Å²) in [7, 11) is 1.54. The first-order chi connectivity index (χ1) is 8.16. The Kier molecular flexibility index (Phi) is 1.79. The average Bonchev–Trinajstić information content (AvgIpc) is 2.94. The molecular formula is C9H8N6O2. The van der Waals surface area contributed by atoms with Crippen LogP contribution < -0.4 is 11.2 Å². The maximum atomic E-state index is 11.6. The van der Waals surface area contributed by atoms with Gasteiger partial charge in [0.2, 0.25) is 0 Å². The molecule has 0 aliphatic heterocycles. The number of aromatic amines is 3. The normalized spacial score (nSPS) is 11.1. The quantitative estimate of drug-likeness (QED) is 0.517. The van der Waals surface area contributed by atoms with Gasteiger partial charge in [-0.05, 0) is 0 Å². The van der Waals surface area contributed by atoms with Crippen molar-refractivity contribution in [3.63, 3.8) is 0 Å². The highest BCUT2D eigenvalue weighted by molar-refractivity contribution is 5.74. The summed E-state index contributed by atoms with van der Waals surface area (Å²) >= 11 is 0. The van der Waals surface area contributed by atoms with Gasteiger partial charge in [-0.15, -0.1) is 0 Å². The fourth-order valence-electron chi connectivity index (χ4n) is 1.62. The second-order valence-corrected chi connectivity index (χ2v) is 3.59. The molecule has 0 radical (unpaired) electrons. The van der Waals surface area contributed by atoms with E-state index in [-0.39, 0.29) is 5.52 Å². The summed E-state index contributed by atoms with van der Waals surface area (Å²) in [6.07, 6.45) is 3.22. The molecule has 0 atom stereocenters. The number of hydrogen-bond acceptors (Lipinski definition) is 4. The van der Waals surface area contributed by atoms with Crippen molar-refractivity contribution >= 4 is 11.2 Å². The minimum atomic E-state index is -0.493. The van der Waals surface area contributed by atoms with E-state index >= 15 is 0 Å². The van der Waals surface area contributed by atoms with Crippen LogP contribution in [0.2, 0.25) is 0 Å². The van der Waals surface area contributed by atoms with Crippen LogP contribution in [-0.2, 0) is 7.05 Å². The largest absolute Gasteiger partial charge is 0.332 e. The molecule has 86 valence electrons. The third-order valence-electron chi connectivity index (χ3n) is 2.53. The van der Waals surface area contributed by atoms with Crippen molar-refractivity contribution in [3.05, 3.63) is 33.2 Å². The number of rotatable bonds is 1. The first kappa shape index (κ1) is 9.58. The maximum absolute atomic E-state index is 11.6. The highest BCUT2D eigenvalue weighted by atomic mass is 16.2. The molecule has 0 aliphatic rings. The fourth-order valence-corrected chi connectivity index (χ4v) is 1.62. The first-order valence-electron chi connectivity index (χ1n) is 4.85. The number of imidazole rings is 1. The van der Waals surface area contributed by atoms with Crippen LogP contribution in [0.4, 0.5) is 0 Å². The van der Waals surface area contributed by atoms with Crippen LogP contribution in [0.5, 0.6) is 0 Å². The number of aromatic nitrogens is 6. The van der Waals surface area contributed by atoms with E-state index in [1.807, 2.05) is 0 Å². The van der Waals surface area contributed by atoms with Crippen LogP contribution in [0.25, 0.3) is 22.6 Å². The lowest BCUT2D eigenvalue weighted by Crippen LogP contribution is -2.28. The molecular weight excluding hydrogens is 224 g/mol. The van der Waals surface area contributed by atoms with Crippen LogP contribution in [0.1, 0.15) is 0 Å². The molecule has 0 aliphatic carbocycles. The Bertz CT molecular complexity index is 791. The smallest absolute Gasteiger partial charge is 0.329 e. The summed E-state index contributed by atoms with van der Waals surface area (Å²) in [6, 6.07) is 0. The Labute approximate surface area is 93.3 Å². The zero-order valence-corrected chi connectivity index (χ0v) is 8.81. The lowest BCUT2D eigenvalue weighted by Gasteiger charge is -1.94. The van der Waals surface area contributed by atoms with E-state index in [1.54, 1.807) is 19.4 Å². The lowest BCUT2D eigenvalue weighted by atomic mass is 10.3. The number of hydrogen-bond donors (Lipinski definition) is 3. The molecule has 3 aromatic rings. The average molecular weight is 232 g/mol.